The second-order valence-electron chi connectivity index (χ2n) is 7.00. The largest absolute Gasteiger partial charge is 0.454 e. The van der Waals surface area contributed by atoms with Crippen molar-refractivity contribution < 1.29 is 19.1 Å². The monoisotopic (exact) mass is 400 g/mol. The molecule has 1 unspecified atom stereocenters. The van der Waals surface area contributed by atoms with E-state index in [0.29, 0.717) is 36.0 Å². The number of fused-ring (bicyclic) bond motifs is 1. The summed E-state index contributed by atoms with van der Waals surface area (Å²) >= 11 is 5.89. The first-order valence-corrected chi connectivity index (χ1v) is 9.69. The quantitative estimate of drug-likeness (QED) is 0.855. The average Bonchev–Trinajstić information content (AvgIpc) is 3.20. The van der Waals surface area contributed by atoms with Gasteiger partial charge in [0.05, 0.1) is 5.92 Å². The number of likely N-dealkylation sites (tertiary alicyclic amines) is 1. The van der Waals surface area contributed by atoms with Gasteiger partial charge in [-0.15, -0.1) is 0 Å². The van der Waals surface area contributed by atoms with Crippen LogP contribution in [0.1, 0.15) is 28.8 Å². The molecule has 4 rings (SSSR count). The van der Waals surface area contributed by atoms with Crippen LogP contribution in [-0.2, 0) is 11.3 Å². The van der Waals surface area contributed by atoms with Gasteiger partial charge in [-0.05, 0) is 54.8 Å². The standard InChI is InChI=1S/C21H21ClN2O4/c22-17-6-4-15(5-7-17)21(26)24-9-1-2-16(12-24)20(25)23-11-14-3-8-18-19(10-14)28-13-27-18/h3-8,10,16H,1-2,9,11-13H2,(H,23,25). The Labute approximate surface area is 168 Å². The molecule has 0 aliphatic carbocycles. The van der Waals surface area contributed by atoms with Crippen LogP contribution < -0.4 is 14.8 Å². The van der Waals surface area contributed by atoms with Crippen molar-refractivity contribution in [2.45, 2.75) is 19.4 Å². The molecule has 28 heavy (non-hydrogen) atoms. The number of carbonyl (C=O) groups excluding carboxylic acids is 2. The van der Waals surface area contributed by atoms with Gasteiger partial charge in [0.2, 0.25) is 12.7 Å². The highest BCUT2D eigenvalue weighted by Gasteiger charge is 2.29. The summed E-state index contributed by atoms with van der Waals surface area (Å²) in [4.78, 5) is 27.1. The lowest BCUT2D eigenvalue weighted by molar-refractivity contribution is -0.126. The zero-order valence-corrected chi connectivity index (χ0v) is 16.1. The average molecular weight is 401 g/mol. The molecular weight excluding hydrogens is 380 g/mol. The second-order valence-corrected chi connectivity index (χ2v) is 7.44. The summed E-state index contributed by atoms with van der Waals surface area (Å²) in [5.41, 5.74) is 1.54. The van der Waals surface area contributed by atoms with Gasteiger partial charge < -0.3 is 19.7 Å². The fourth-order valence-corrected chi connectivity index (χ4v) is 3.66. The van der Waals surface area contributed by atoms with Gasteiger partial charge in [0.15, 0.2) is 11.5 Å². The molecule has 2 amide bonds. The number of carbonyl (C=O) groups is 2. The third-order valence-electron chi connectivity index (χ3n) is 5.07. The summed E-state index contributed by atoms with van der Waals surface area (Å²) < 4.78 is 10.7. The first-order chi connectivity index (χ1) is 13.6. The van der Waals surface area contributed by atoms with Gasteiger partial charge in [-0.1, -0.05) is 17.7 Å². The Morgan fingerprint density at radius 2 is 1.89 bits per heavy atom. The number of rotatable bonds is 4. The Hall–Kier alpha value is -2.73. The van der Waals surface area contributed by atoms with Crippen molar-refractivity contribution in [3.8, 4) is 11.5 Å². The highest BCUT2D eigenvalue weighted by molar-refractivity contribution is 6.30. The van der Waals surface area contributed by atoms with E-state index in [-0.39, 0.29) is 24.5 Å². The number of halogens is 1. The Morgan fingerprint density at radius 1 is 1.11 bits per heavy atom. The molecule has 2 heterocycles. The van der Waals surface area contributed by atoms with E-state index in [1.54, 1.807) is 29.2 Å². The third-order valence-corrected chi connectivity index (χ3v) is 5.33. The van der Waals surface area contributed by atoms with Gasteiger partial charge in [-0.3, -0.25) is 9.59 Å². The topological polar surface area (TPSA) is 67.9 Å². The summed E-state index contributed by atoms with van der Waals surface area (Å²) in [6.07, 6.45) is 1.58. The van der Waals surface area contributed by atoms with Crippen LogP contribution in [0.3, 0.4) is 0 Å². The van der Waals surface area contributed by atoms with E-state index >= 15 is 0 Å². The maximum atomic E-state index is 12.7. The summed E-state index contributed by atoms with van der Waals surface area (Å²) in [5, 5.41) is 3.57. The minimum absolute atomic E-state index is 0.0359. The number of benzene rings is 2. The van der Waals surface area contributed by atoms with Crippen LogP contribution in [0, 0.1) is 5.92 Å². The highest BCUT2D eigenvalue weighted by Crippen LogP contribution is 2.32. The van der Waals surface area contributed by atoms with Crippen LogP contribution >= 0.6 is 11.6 Å². The molecule has 146 valence electrons. The van der Waals surface area contributed by atoms with Crippen LogP contribution in [0.25, 0.3) is 0 Å². The van der Waals surface area contributed by atoms with Gasteiger partial charge >= 0.3 is 0 Å². The lowest BCUT2D eigenvalue weighted by Gasteiger charge is -2.32. The van der Waals surface area contributed by atoms with Gasteiger partial charge in [-0.25, -0.2) is 0 Å². The molecule has 6 nitrogen and oxygen atoms in total. The maximum absolute atomic E-state index is 12.7. The van der Waals surface area contributed by atoms with E-state index < -0.39 is 0 Å². The van der Waals surface area contributed by atoms with E-state index in [1.807, 2.05) is 18.2 Å². The van der Waals surface area contributed by atoms with Gasteiger partial charge in [0, 0.05) is 30.2 Å². The van der Waals surface area contributed by atoms with E-state index in [2.05, 4.69) is 5.32 Å². The molecule has 0 spiro atoms. The molecule has 2 aliphatic heterocycles. The smallest absolute Gasteiger partial charge is 0.253 e. The SMILES string of the molecule is O=C(NCc1ccc2c(c1)OCO2)C1CCCN(C(=O)c2ccc(Cl)cc2)C1. The molecule has 2 aromatic rings. The molecule has 0 bridgehead atoms. The molecule has 0 aromatic heterocycles. The number of nitrogens with one attached hydrogen (secondary N) is 1. The minimum atomic E-state index is -0.209. The van der Waals surface area contributed by atoms with E-state index in [9.17, 15) is 9.59 Å². The molecule has 7 heteroatoms. The number of piperidine rings is 1. The van der Waals surface area contributed by atoms with Crippen LogP contribution in [0.2, 0.25) is 5.02 Å². The van der Waals surface area contributed by atoms with Gasteiger partial charge in [-0.2, -0.15) is 0 Å². The molecule has 1 saturated heterocycles. The van der Waals surface area contributed by atoms with Crippen LogP contribution in [0.4, 0.5) is 0 Å². The highest BCUT2D eigenvalue weighted by atomic mass is 35.5. The van der Waals surface area contributed by atoms with Crippen LogP contribution in [-0.4, -0.2) is 36.6 Å². The second kappa shape index (κ2) is 8.10. The minimum Gasteiger partial charge on any atom is -0.454 e. The Balaban J connectivity index is 1.34. The van der Waals surface area contributed by atoms with Crippen molar-refractivity contribution in [1.82, 2.24) is 10.2 Å². The molecule has 1 fully saturated rings. The number of ether oxygens (including phenoxy) is 2. The first-order valence-electron chi connectivity index (χ1n) is 9.31. The number of hydrogen-bond donors (Lipinski definition) is 1. The van der Waals surface area contributed by atoms with Crippen molar-refractivity contribution in [3.63, 3.8) is 0 Å². The van der Waals surface area contributed by atoms with Gasteiger partial charge in [0.25, 0.3) is 5.91 Å². The predicted octanol–water partition coefficient (Wildman–Crippen LogP) is 3.24. The van der Waals surface area contributed by atoms with E-state index in [0.717, 1.165) is 24.2 Å². The van der Waals surface area contributed by atoms with E-state index in [4.69, 9.17) is 21.1 Å². The summed E-state index contributed by atoms with van der Waals surface area (Å²) in [7, 11) is 0. The summed E-state index contributed by atoms with van der Waals surface area (Å²) in [6, 6.07) is 12.5. The fourth-order valence-electron chi connectivity index (χ4n) is 3.54. The molecule has 0 saturated carbocycles. The molecule has 0 radical (unpaired) electrons. The van der Waals surface area contributed by atoms with Crippen LogP contribution in [0.15, 0.2) is 42.5 Å². The van der Waals surface area contributed by atoms with Crippen molar-refractivity contribution in [2.24, 2.45) is 5.92 Å². The number of hydrogen-bond acceptors (Lipinski definition) is 4. The third kappa shape index (κ3) is 4.07. The molecule has 1 N–H and O–H groups in total. The van der Waals surface area contributed by atoms with Crippen molar-refractivity contribution in [1.29, 1.82) is 0 Å². The maximum Gasteiger partial charge on any atom is 0.253 e. The Morgan fingerprint density at radius 3 is 2.71 bits per heavy atom. The number of nitrogens with zero attached hydrogens (tertiary/aromatic N) is 1. The van der Waals surface area contributed by atoms with Crippen LogP contribution in [0.5, 0.6) is 11.5 Å². The lowest BCUT2D eigenvalue weighted by Crippen LogP contribution is -2.45. The fraction of sp³-hybridized carbons (Fsp3) is 0.333. The van der Waals surface area contributed by atoms with Gasteiger partial charge in [0.1, 0.15) is 0 Å². The Kier molecular flexibility index (Phi) is 5.39. The Bertz CT molecular complexity index is 884. The lowest BCUT2D eigenvalue weighted by atomic mass is 9.96. The first kappa shape index (κ1) is 18.6. The van der Waals surface area contributed by atoms with Crippen molar-refractivity contribution in [2.75, 3.05) is 19.9 Å². The van der Waals surface area contributed by atoms with Crippen molar-refractivity contribution >= 4 is 23.4 Å². The van der Waals surface area contributed by atoms with Crippen molar-refractivity contribution in [3.05, 3.63) is 58.6 Å². The molecule has 1 atom stereocenters. The zero-order chi connectivity index (χ0) is 19.5. The summed E-state index contributed by atoms with van der Waals surface area (Å²) in [5.74, 6) is 1.11. The normalized spacial score (nSPS) is 18.0. The predicted molar refractivity (Wildman–Crippen MR) is 104 cm³/mol. The van der Waals surface area contributed by atoms with E-state index in [1.165, 1.54) is 0 Å². The summed E-state index contributed by atoms with van der Waals surface area (Å²) in [6.45, 7) is 1.73. The molecule has 2 aliphatic rings. The molecular formula is C21H21ClN2O4. The zero-order valence-electron chi connectivity index (χ0n) is 15.3. The number of amides is 2. The molecule has 2 aromatic carbocycles.